The normalized spacial score (nSPS) is 21.1. The average molecular weight is 267 g/mol. The summed E-state index contributed by atoms with van der Waals surface area (Å²) in [5.74, 6) is -0.412. The molecule has 0 radical (unpaired) electrons. The quantitative estimate of drug-likeness (QED) is 0.856. The summed E-state index contributed by atoms with van der Waals surface area (Å²) in [5.41, 5.74) is 0.831. The summed E-state index contributed by atoms with van der Waals surface area (Å²) in [4.78, 5) is 18.6. The molecule has 0 bridgehead atoms. The van der Waals surface area contributed by atoms with Gasteiger partial charge in [-0.05, 0) is 12.8 Å². The van der Waals surface area contributed by atoms with Crippen molar-refractivity contribution in [3.05, 3.63) is 15.6 Å². The number of nitrogens with one attached hydrogen (secondary N) is 1. The molecule has 1 saturated carbocycles. The van der Waals surface area contributed by atoms with E-state index >= 15 is 0 Å². The fourth-order valence-corrected chi connectivity index (χ4v) is 3.32. The molecule has 0 atom stereocenters. The zero-order valence-electron chi connectivity index (χ0n) is 10.2. The lowest BCUT2D eigenvalue weighted by Crippen LogP contribution is -2.42. The smallest absolute Gasteiger partial charge is 0.347 e. The van der Waals surface area contributed by atoms with Gasteiger partial charge in [0.05, 0.1) is 12.2 Å². The highest BCUT2D eigenvalue weighted by Crippen LogP contribution is 2.42. The fourth-order valence-electron chi connectivity index (χ4n) is 2.29. The number of hydrogen-bond acceptors (Lipinski definition) is 5. The van der Waals surface area contributed by atoms with Crippen LogP contribution in [-0.2, 0) is 6.54 Å². The molecule has 5 nitrogen and oxygen atoms in total. The number of carbonyl (C=O) groups is 1. The van der Waals surface area contributed by atoms with E-state index < -0.39 is 5.97 Å². The molecule has 2 N–H and O–H groups in total. The molecule has 1 aromatic rings. The van der Waals surface area contributed by atoms with Gasteiger partial charge in [-0.15, -0.1) is 11.3 Å². The molecule has 6 heteroatoms. The third-order valence-electron chi connectivity index (χ3n) is 3.42. The molecule has 2 aliphatic rings. The van der Waals surface area contributed by atoms with Crippen LogP contribution >= 0.6 is 11.3 Å². The first kappa shape index (κ1) is 12.1. The summed E-state index contributed by atoms with van der Waals surface area (Å²) >= 11 is 1.36. The van der Waals surface area contributed by atoms with E-state index in [9.17, 15) is 9.90 Å². The molecule has 18 heavy (non-hydrogen) atoms. The molecule has 1 aromatic heterocycles. The Morgan fingerprint density at radius 2 is 2.17 bits per heavy atom. The zero-order chi connectivity index (χ0) is 12.5. The van der Waals surface area contributed by atoms with Crippen LogP contribution in [0.1, 0.15) is 39.1 Å². The highest BCUT2D eigenvalue weighted by Gasteiger charge is 2.32. The van der Waals surface area contributed by atoms with Crippen molar-refractivity contribution in [3.63, 3.8) is 0 Å². The molecule has 98 valence electrons. The lowest BCUT2D eigenvalue weighted by molar-refractivity contribution is 0.0700. The third kappa shape index (κ3) is 2.55. The Hall–Kier alpha value is -0.980. The topological polar surface area (TPSA) is 65.5 Å². The molecule has 0 spiro atoms. The second-order valence-electron chi connectivity index (χ2n) is 4.93. The summed E-state index contributed by atoms with van der Waals surface area (Å²) in [6, 6.07) is 0. The Morgan fingerprint density at radius 3 is 2.78 bits per heavy atom. The van der Waals surface area contributed by atoms with Crippen LogP contribution < -0.4 is 5.32 Å². The van der Waals surface area contributed by atoms with E-state index in [-0.39, 0.29) is 0 Å². The first-order valence-electron chi connectivity index (χ1n) is 6.40. The Bertz CT molecular complexity index is 450. The Kier molecular flexibility index (Phi) is 3.32. The molecular formula is C12H17N3O2S. The van der Waals surface area contributed by atoms with Gasteiger partial charge in [0.15, 0.2) is 0 Å². The van der Waals surface area contributed by atoms with E-state index in [2.05, 4.69) is 15.2 Å². The van der Waals surface area contributed by atoms with Gasteiger partial charge >= 0.3 is 5.97 Å². The van der Waals surface area contributed by atoms with Gasteiger partial charge in [-0.1, -0.05) is 0 Å². The Morgan fingerprint density at radius 1 is 1.44 bits per heavy atom. The van der Waals surface area contributed by atoms with Crippen LogP contribution in [0.15, 0.2) is 0 Å². The standard InChI is InChI=1S/C12H17N3O2S/c16-12(17)11-10(8-1-2-8)14-9(18-11)7-15-5-3-13-4-6-15/h8,13H,1-7H2,(H,16,17). The summed E-state index contributed by atoms with van der Waals surface area (Å²) in [7, 11) is 0. The number of carboxylic acids is 1. The van der Waals surface area contributed by atoms with Gasteiger partial charge in [0.2, 0.25) is 0 Å². The Labute approximate surface area is 110 Å². The molecule has 3 rings (SSSR count). The number of thiazole rings is 1. The maximum Gasteiger partial charge on any atom is 0.347 e. The van der Waals surface area contributed by atoms with Gasteiger partial charge in [-0.2, -0.15) is 0 Å². The minimum atomic E-state index is -0.819. The number of rotatable bonds is 4. The number of nitrogens with zero attached hydrogens (tertiary/aromatic N) is 2. The van der Waals surface area contributed by atoms with Crippen LogP contribution in [0.5, 0.6) is 0 Å². The second-order valence-corrected chi connectivity index (χ2v) is 6.01. The number of carboxylic acid groups (broad SMARTS) is 1. The van der Waals surface area contributed by atoms with E-state index in [1.807, 2.05) is 0 Å². The lowest BCUT2D eigenvalue weighted by Gasteiger charge is -2.26. The highest BCUT2D eigenvalue weighted by atomic mass is 32.1. The lowest BCUT2D eigenvalue weighted by atomic mass is 10.2. The first-order valence-corrected chi connectivity index (χ1v) is 7.21. The first-order chi connectivity index (χ1) is 8.74. The van der Waals surface area contributed by atoms with Crippen molar-refractivity contribution in [1.82, 2.24) is 15.2 Å². The molecule has 1 saturated heterocycles. The molecule has 2 fully saturated rings. The van der Waals surface area contributed by atoms with Crippen molar-refractivity contribution >= 4 is 17.3 Å². The van der Waals surface area contributed by atoms with E-state index in [1.54, 1.807) is 0 Å². The van der Waals surface area contributed by atoms with E-state index in [0.717, 1.165) is 56.3 Å². The molecule has 0 amide bonds. The molecule has 2 heterocycles. The van der Waals surface area contributed by atoms with E-state index in [1.165, 1.54) is 11.3 Å². The van der Waals surface area contributed by atoms with Gasteiger partial charge < -0.3 is 10.4 Å². The van der Waals surface area contributed by atoms with Gasteiger partial charge in [-0.25, -0.2) is 9.78 Å². The van der Waals surface area contributed by atoms with Crippen molar-refractivity contribution in [3.8, 4) is 0 Å². The summed E-state index contributed by atoms with van der Waals surface area (Å²) in [5, 5.41) is 13.5. The number of aromatic carboxylic acids is 1. The number of aromatic nitrogens is 1. The van der Waals surface area contributed by atoms with Crippen LogP contribution in [0, 0.1) is 0 Å². The van der Waals surface area contributed by atoms with E-state index in [0.29, 0.717) is 10.8 Å². The number of piperazine rings is 1. The summed E-state index contributed by atoms with van der Waals surface area (Å²) in [6.07, 6.45) is 2.19. The zero-order valence-corrected chi connectivity index (χ0v) is 11.0. The highest BCUT2D eigenvalue weighted by molar-refractivity contribution is 7.13. The largest absolute Gasteiger partial charge is 0.477 e. The molecule has 1 aliphatic carbocycles. The van der Waals surface area contributed by atoms with Crippen molar-refractivity contribution in [2.24, 2.45) is 0 Å². The average Bonchev–Trinajstić information content (AvgIpc) is 3.12. The van der Waals surface area contributed by atoms with Crippen molar-refractivity contribution in [2.45, 2.75) is 25.3 Å². The van der Waals surface area contributed by atoms with Crippen LogP contribution in [0.3, 0.4) is 0 Å². The van der Waals surface area contributed by atoms with Gasteiger partial charge in [0.25, 0.3) is 0 Å². The molecule has 0 aromatic carbocycles. The van der Waals surface area contributed by atoms with Crippen molar-refractivity contribution < 1.29 is 9.90 Å². The molecule has 0 unspecified atom stereocenters. The van der Waals surface area contributed by atoms with Crippen LogP contribution in [0.25, 0.3) is 0 Å². The maximum atomic E-state index is 11.2. The van der Waals surface area contributed by atoms with Gasteiger partial charge in [0.1, 0.15) is 9.88 Å². The van der Waals surface area contributed by atoms with Crippen molar-refractivity contribution in [2.75, 3.05) is 26.2 Å². The maximum absolute atomic E-state index is 11.2. The SMILES string of the molecule is O=C(O)c1sc(CN2CCNCC2)nc1C1CC1. The minimum absolute atomic E-state index is 0.407. The van der Waals surface area contributed by atoms with Crippen LogP contribution in [-0.4, -0.2) is 47.1 Å². The summed E-state index contributed by atoms with van der Waals surface area (Å²) < 4.78 is 0. The van der Waals surface area contributed by atoms with Crippen molar-refractivity contribution in [1.29, 1.82) is 0 Å². The van der Waals surface area contributed by atoms with E-state index in [4.69, 9.17) is 0 Å². The fraction of sp³-hybridized carbons (Fsp3) is 0.667. The third-order valence-corrected chi connectivity index (χ3v) is 4.47. The minimum Gasteiger partial charge on any atom is -0.477 e. The van der Waals surface area contributed by atoms with Crippen LogP contribution in [0.2, 0.25) is 0 Å². The number of hydrogen-bond donors (Lipinski definition) is 2. The molecule has 1 aliphatic heterocycles. The van der Waals surface area contributed by atoms with Gasteiger partial charge in [0, 0.05) is 32.1 Å². The summed E-state index contributed by atoms with van der Waals surface area (Å²) in [6.45, 7) is 4.83. The predicted octanol–water partition coefficient (Wildman–Crippen LogP) is 1.12. The molecular weight excluding hydrogens is 250 g/mol. The second kappa shape index (κ2) is 4.95. The monoisotopic (exact) mass is 267 g/mol. The Balaban J connectivity index is 1.75. The predicted molar refractivity (Wildman–Crippen MR) is 69.2 cm³/mol. The van der Waals surface area contributed by atoms with Crippen LogP contribution in [0.4, 0.5) is 0 Å². The van der Waals surface area contributed by atoms with Gasteiger partial charge in [-0.3, -0.25) is 4.90 Å².